The van der Waals surface area contributed by atoms with Crippen LogP contribution in [0, 0.1) is 0 Å². The van der Waals surface area contributed by atoms with Gasteiger partial charge < -0.3 is 10.8 Å². The third-order valence-electron chi connectivity index (χ3n) is 2.10. The second-order valence-electron chi connectivity index (χ2n) is 3.23. The Bertz CT molecular complexity index is 343. The van der Waals surface area contributed by atoms with Crippen LogP contribution < -0.4 is 5.73 Å². The monoisotopic (exact) mass is 247 g/mol. The second-order valence-corrected chi connectivity index (χ2v) is 4.38. The van der Waals surface area contributed by atoms with Crippen LogP contribution in [0.25, 0.3) is 0 Å². The molecule has 0 aliphatic heterocycles. The molecule has 5 heteroatoms. The zero-order chi connectivity index (χ0) is 11.5. The number of alkyl halides is 2. The number of nitrogens with two attached hydrogens (primary N) is 1. The van der Waals surface area contributed by atoms with Crippen LogP contribution in [0.5, 0.6) is 0 Å². The lowest BCUT2D eigenvalue weighted by Crippen LogP contribution is -2.48. The Morgan fingerprint density at radius 1 is 1.47 bits per heavy atom. The molecule has 2 unspecified atom stereocenters. The molecule has 0 radical (unpaired) electrons. The highest BCUT2D eigenvalue weighted by Gasteiger charge is 2.41. The van der Waals surface area contributed by atoms with Crippen LogP contribution in [0.2, 0.25) is 0 Å². The van der Waals surface area contributed by atoms with Crippen molar-refractivity contribution in [2.75, 3.05) is 0 Å². The minimum absolute atomic E-state index is 0.0927. The van der Waals surface area contributed by atoms with Gasteiger partial charge in [-0.25, -0.2) is 0 Å². The molecule has 0 heterocycles. The Kier molecular flexibility index (Phi) is 3.97. The van der Waals surface area contributed by atoms with Crippen molar-refractivity contribution in [3.8, 4) is 0 Å². The first kappa shape index (κ1) is 12.3. The quantitative estimate of drug-likeness (QED) is 0.631. The van der Waals surface area contributed by atoms with Gasteiger partial charge in [0.1, 0.15) is 5.50 Å². The summed E-state index contributed by atoms with van der Waals surface area (Å²) in [4.78, 5) is 9.31. The van der Waals surface area contributed by atoms with E-state index in [9.17, 15) is 4.79 Å². The first-order chi connectivity index (χ1) is 6.97. The summed E-state index contributed by atoms with van der Waals surface area (Å²) in [5, 5.41) is 8.97. The lowest BCUT2D eigenvalue weighted by molar-refractivity contribution is -0.140. The average molecular weight is 248 g/mol. The molecule has 15 heavy (non-hydrogen) atoms. The SMILES string of the molecule is NC(Cl)C(Cl)(Cc1ccccc1)C(=O)O. The van der Waals surface area contributed by atoms with Gasteiger partial charge >= 0.3 is 5.97 Å². The average Bonchev–Trinajstić information content (AvgIpc) is 2.18. The fourth-order valence-corrected chi connectivity index (χ4v) is 1.51. The van der Waals surface area contributed by atoms with E-state index in [1.807, 2.05) is 6.07 Å². The van der Waals surface area contributed by atoms with Crippen molar-refractivity contribution in [1.82, 2.24) is 0 Å². The number of benzene rings is 1. The topological polar surface area (TPSA) is 63.3 Å². The van der Waals surface area contributed by atoms with Gasteiger partial charge in [0.2, 0.25) is 0 Å². The Morgan fingerprint density at radius 3 is 2.40 bits per heavy atom. The van der Waals surface area contributed by atoms with Gasteiger partial charge in [-0.2, -0.15) is 0 Å². The fourth-order valence-electron chi connectivity index (χ4n) is 1.18. The van der Waals surface area contributed by atoms with Crippen molar-refractivity contribution in [1.29, 1.82) is 0 Å². The van der Waals surface area contributed by atoms with Crippen LogP contribution in [0.1, 0.15) is 5.56 Å². The number of rotatable bonds is 4. The molecule has 0 amide bonds. The first-order valence-corrected chi connectivity index (χ1v) is 5.14. The van der Waals surface area contributed by atoms with E-state index in [4.69, 9.17) is 34.0 Å². The van der Waals surface area contributed by atoms with Crippen LogP contribution >= 0.6 is 23.2 Å². The summed E-state index contributed by atoms with van der Waals surface area (Å²) in [6, 6.07) is 8.99. The van der Waals surface area contributed by atoms with Crippen molar-refractivity contribution < 1.29 is 9.90 Å². The molecule has 0 bridgehead atoms. The number of hydrogen-bond donors (Lipinski definition) is 2. The molecule has 0 spiro atoms. The molecule has 0 aromatic heterocycles. The maximum absolute atomic E-state index is 11.0. The van der Waals surface area contributed by atoms with Crippen molar-refractivity contribution in [3.05, 3.63) is 35.9 Å². The predicted octanol–water partition coefficient (Wildman–Crippen LogP) is 1.81. The Balaban J connectivity index is 2.90. The number of aliphatic carboxylic acids is 1. The highest BCUT2D eigenvalue weighted by atomic mass is 35.5. The van der Waals surface area contributed by atoms with E-state index in [1.165, 1.54) is 0 Å². The van der Waals surface area contributed by atoms with Crippen LogP contribution in [0.4, 0.5) is 0 Å². The Morgan fingerprint density at radius 2 is 2.00 bits per heavy atom. The summed E-state index contributed by atoms with van der Waals surface area (Å²) < 4.78 is 0. The van der Waals surface area contributed by atoms with Gasteiger partial charge in [-0.1, -0.05) is 30.3 Å². The minimum atomic E-state index is -1.66. The molecular weight excluding hydrogens is 237 g/mol. The van der Waals surface area contributed by atoms with Crippen LogP contribution in [0.3, 0.4) is 0 Å². The zero-order valence-corrected chi connectivity index (χ0v) is 9.37. The van der Waals surface area contributed by atoms with E-state index in [2.05, 4.69) is 0 Å². The van der Waals surface area contributed by atoms with Gasteiger partial charge in [-0.05, 0) is 5.56 Å². The van der Waals surface area contributed by atoms with E-state index in [0.29, 0.717) is 0 Å². The van der Waals surface area contributed by atoms with Crippen molar-refractivity contribution >= 4 is 29.2 Å². The maximum atomic E-state index is 11.0. The van der Waals surface area contributed by atoms with E-state index in [1.54, 1.807) is 24.3 Å². The Labute approximate surface area is 97.8 Å². The molecule has 0 aliphatic carbocycles. The number of hydrogen-bond acceptors (Lipinski definition) is 2. The van der Waals surface area contributed by atoms with Crippen molar-refractivity contribution in [2.24, 2.45) is 5.73 Å². The summed E-state index contributed by atoms with van der Waals surface area (Å²) >= 11 is 11.5. The standard InChI is InChI=1S/C10H11Cl2NO2/c11-8(13)10(12,9(14)15)6-7-4-2-1-3-5-7/h1-5,8H,6,13H2,(H,14,15). The van der Waals surface area contributed by atoms with Crippen LogP contribution in [0.15, 0.2) is 30.3 Å². The number of carboxylic acid groups (broad SMARTS) is 1. The molecule has 1 aromatic rings. The van der Waals surface area contributed by atoms with Gasteiger partial charge in [-0.3, -0.25) is 4.79 Å². The lowest BCUT2D eigenvalue weighted by Gasteiger charge is -2.24. The molecular formula is C10H11Cl2NO2. The highest BCUT2D eigenvalue weighted by molar-refractivity contribution is 6.40. The molecule has 0 saturated heterocycles. The molecule has 0 saturated carbocycles. The van der Waals surface area contributed by atoms with E-state index in [0.717, 1.165) is 5.56 Å². The fraction of sp³-hybridized carbons (Fsp3) is 0.300. The third kappa shape index (κ3) is 2.84. The van der Waals surface area contributed by atoms with Gasteiger partial charge in [-0.15, -0.1) is 23.2 Å². The molecule has 82 valence electrons. The smallest absolute Gasteiger partial charge is 0.328 e. The van der Waals surface area contributed by atoms with E-state index >= 15 is 0 Å². The Hall–Kier alpha value is -0.770. The predicted molar refractivity (Wildman–Crippen MR) is 60.2 cm³/mol. The third-order valence-corrected chi connectivity index (χ3v) is 3.11. The zero-order valence-electron chi connectivity index (χ0n) is 7.86. The first-order valence-electron chi connectivity index (χ1n) is 4.32. The number of carbonyl (C=O) groups is 1. The maximum Gasteiger partial charge on any atom is 0.328 e. The van der Waals surface area contributed by atoms with E-state index in [-0.39, 0.29) is 6.42 Å². The minimum Gasteiger partial charge on any atom is -0.480 e. The summed E-state index contributed by atoms with van der Waals surface area (Å²) in [6.45, 7) is 0. The van der Waals surface area contributed by atoms with Gasteiger partial charge in [0.25, 0.3) is 0 Å². The summed E-state index contributed by atoms with van der Waals surface area (Å²) in [5.74, 6) is -1.21. The molecule has 1 aromatic carbocycles. The van der Waals surface area contributed by atoms with Crippen LogP contribution in [-0.2, 0) is 11.2 Å². The molecule has 0 aliphatic rings. The molecule has 1 rings (SSSR count). The molecule has 3 nitrogen and oxygen atoms in total. The highest BCUT2D eigenvalue weighted by Crippen LogP contribution is 2.26. The van der Waals surface area contributed by atoms with Crippen molar-refractivity contribution in [3.63, 3.8) is 0 Å². The van der Waals surface area contributed by atoms with Gasteiger partial charge in [0.15, 0.2) is 4.87 Å². The summed E-state index contributed by atoms with van der Waals surface area (Å²) in [5.41, 5.74) is 5.01. The number of carboxylic acids is 1. The largest absolute Gasteiger partial charge is 0.480 e. The molecule has 3 N–H and O–H groups in total. The molecule has 2 atom stereocenters. The summed E-state index contributed by atoms with van der Waals surface area (Å²) in [6.07, 6.45) is 0.0927. The normalized spacial score (nSPS) is 16.7. The molecule has 0 fully saturated rings. The lowest BCUT2D eigenvalue weighted by atomic mass is 9.98. The number of halogens is 2. The van der Waals surface area contributed by atoms with Crippen LogP contribution in [-0.4, -0.2) is 21.5 Å². The summed E-state index contributed by atoms with van der Waals surface area (Å²) in [7, 11) is 0. The van der Waals surface area contributed by atoms with E-state index < -0.39 is 16.3 Å². The second kappa shape index (κ2) is 4.84. The van der Waals surface area contributed by atoms with Gasteiger partial charge in [0.05, 0.1) is 0 Å². The van der Waals surface area contributed by atoms with Gasteiger partial charge in [0, 0.05) is 6.42 Å². The van der Waals surface area contributed by atoms with Crippen molar-refractivity contribution in [2.45, 2.75) is 16.8 Å².